The van der Waals surface area contributed by atoms with Crippen molar-refractivity contribution in [1.82, 2.24) is 0 Å². The summed E-state index contributed by atoms with van der Waals surface area (Å²) in [6.07, 6.45) is 2.43. The largest absolute Gasteiger partial charge is 0.0653 e. The van der Waals surface area contributed by atoms with E-state index in [1.165, 1.54) is 29.5 Å². The molecule has 0 amide bonds. The normalized spacial score (nSPS) is 12.4. The molecule has 0 aliphatic heterocycles. The first-order valence-corrected chi connectivity index (χ1v) is 6.43. The molecule has 88 valence electrons. The van der Waals surface area contributed by atoms with Gasteiger partial charge in [-0.3, -0.25) is 0 Å². The summed E-state index contributed by atoms with van der Waals surface area (Å²) in [6, 6.07) is 19.6. The van der Waals surface area contributed by atoms with Crippen molar-refractivity contribution in [2.45, 2.75) is 32.6 Å². The molecular formula is C17H20. The zero-order chi connectivity index (χ0) is 12.1. The molecule has 0 fully saturated rings. The van der Waals surface area contributed by atoms with E-state index in [0.717, 1.165) is 0 Å². The Labute approximate surface area is 104 Å². The highest BCUT2D eigenvalue weighted by atomic mass is 14.2. The van der Waals surface area contributed by atoms with Crippen LogP contribution in [0.4, 0.5) is 0 Å². The summed E-state index contributed by atoms with van der Waals surface area (Å²) in [7, 11) is 0. The van der Waals surface area contributed by atoms with Gasteiger partial charge in [-0.2, -0.15) is 0 Å². The van der Waals surface area contributed by atoms with Crippen molar-refractivity contribution >= 4 is 0 Å². The van der Waals surface area contributed by atoms with Crippen molar-refractivity contribution in [3.05, 3.63) is 71.3 Å². The molecule has 0 aliphatic carbocycles. The highest BCUT2D eigenvalue weighted by molar-refractivity contribution is 5.37. The fraction of sp³-hybridized carbons (Fsp3) is 0.294. The van der Waals surface area contributed by atoms with Crippen LogP contribution in [0.2, 0.25) is 0 Å². The van der Waals surface area contributed by atoms with E-state index >= 15 is 0 Å². The van der Waals surface area contributed by atoms with Gasteiger partial charge in [0.25, 0.3) is 0 Å². The second kappa shape index (κ2) is 5.67. The van der Waals surface area contributed by atoms with Gasteiger partial charge in [0, 0.05) is 5.92 Å². The van der Waals surface area contributed by atoms with Crippen LogP contribution in [-0.4, -0.2) is 0 Å². The molecule has 0 bridgehead atoms. The van der Waals surface area contributed by atoms with E-state index < -0.39 is 0 Å². The zero-order valence-electron chi connectivity index (χ0n) is 10.7. The first-order chi connectivity index (χ1) is 8.33. The first-order valence-electron chi connectivity index (χ1n) is 6.43. The van der Waals surface area contributed by atoms with Gasteiger partial charge in [0.2, 0.25) is 0 Å². The van der Waals surface area contributed by atoms with E-state index in [0.29, 0.717) is 5.92 Å². The number of aryl methyl sites for hydroxylation is 1. The Morgan fingerprint density at radius 2 is 1.53 bits per heavy atom. The lowest BCUT2D eigenvalue weighted by atomic mass is 9.85. The average molecular weight is 224 g/mol. The van der Waals surface area contributed by atoms with E-state index in [1.807, 2.05) is 0 Å². The Balaban J connectivity index is 2.39. The molecule has 0 N–H and O–H groups in total. The van der Waals surface area contributed by atoms with E-state index in [9.17, 15) is 0 Å². The third-order valence-electron chi connectivity index (χ3n) is 3.34. The van der Waals surface area contributed by atoms with Gasteiger partial charge in [0.15, 0.2) is 0 Å². The van der Waals surface area contributed by atoms with Gasteiger partial charge < -0.3 is 0 Å². The van der Waals surface area contributed by atoms with Gasteiger partial charge in [0.05, 0.1) is 0 Å². The second-order valence-corrected chi connectivity index (χ2v) is 4.61. The fourth-order valence-electron chi connectivity index (χ4n) is 2.45. The predicted molar refractivity (Wildman–Crippen MR) is 74.4 cm³/mol. The highest BCUT2D eigenvalue weighted by Gasteiger charge is 2.14. The summed E-state index contributed by atoms with van der Waals surface area (Å²) < 4.78 is 0. The van der Waals surface area contributed by atoms with Gasteiger partial charge in [-0.15, -0.1) is 0 Å². The quantitative estimate of drug-likeness (QED) is 0.691. The van der Waals surface area contributed by atoms with Gasteiger partial charge >= 0.3 is 0 Å². The van der Waals surface area contributed by atoms with Crippen molar-refractivity contribution in [2.75, 3.05) is 0 Å². The van der Waals surface area contributed by atoms with Gasteiger partial charge in [-0.05, 0) is 30.0 Å². The molecule has 0 saturated heterocycles. The molecule has 1 unspecified atom stereocenters. The summed E-state index contributed by atoms with van der Waals surface area (Å²) in [5, 5.41) is 0. The zero-order valence-corrected chi connectivity index (χ0v) is 10.7. The van der Waals surface area contributed by atoms with Crippen molar-refractivity contribution in [1.29, 1.82) is 0 Å². The molecule has 2 rings (SSSR count). The Hall–Kier alpha value is -1.56. The lowest BCUT2D eigenvalue weighted by Crippen LogP contribution is -2.02. The van der Waals surface area contributed by atoms with Crippen LogP contribution in [0.3, 0.4) is 0 Å². The Morgan fingerprint density at radius 1 is 0.882 bits per heavy atom. The smallest absolute Gasteiger partial charge is 0.00918 e. The molecule has 0 aromatic heterocycles. The molecule has 0 saturated carbocycles. The topological polar surface area (TPSA) is 0 Å². The van der Waals surface area contributed by atoms with Crippen LogP contribution in [0.25, 0.3) is 0 Å². The molecule has 1 atom stereocenters. The van der Waals surface area contributed by atoms with E-state index in [-0.39, 0.29) is 0 Å². The lowest BCUT2D eigenvalue weighted by molar-refractivity contribution is 0.695. The first kappa shape index (κ1) is 11.9. The van der Waals surface area contributed by atoms with E-state index in [1.54, 1.807) is 0 Å². The number of hydrogen-bond acceptors (Lipinski definition) is 0. The highest BCUT2D eigenvalue weighted by Crippen LogP contribution is 2.30. The van der Waals surface area contributed by atoms with Crippen LogP contribution >= 0.6 is 0 Å². The van der Waals surface area contributed by atoms with Crippen molar-refractivity contribution in [3.63, 3.8) is 0 Å². The summed E-state index contributed by atoms with van der Waals surface area (Å²) in [5.41, 5.74) is 4.30. The van der Waals surface area contributed by atoms with Crippen LogP contribution in [0.5, 0.6) is 0 Å². The summed E-state index contributed by atoms with van der Waals surface area (Å²) >= 11 is 0. The molecule has 0 heteroatoms. The minimum atomic E-state index is 0.544. The van der Waals surface area contributed by atoms with Crippen LogP contribution in [0.15, 0.2) is 54.6 Å². The minimum absolute atomic E-state index is 0.544. The van der Waals surface area contributed by atoms with Gasteiger partial charge in [-0.1, -0.05) is 67.9 Å². The Bertz CT molecular complexity index is 456. The van der Waals surface area contributed by atoms with Crippen LogP contribution < -0.4 is 0 Å². The molecule has 0 spiro atoms. The molecule has 17 heavy (non-hydrogen) atoms. The fourth-order valence-corrected chi connectivity index (χ4v) is 2.45. The number of hydrogen-bond donors (Lipinski definition) is 0. The number of rotatable bonds is 4. The Morgan fingerprint density at radius 3 is 2.18 bits per heavy atom. The van der Waals surface area contributed by atoms with Crippen molar-refractivity contribution in [3.8, 4) is 0 Å². The standard InChI is InChI=1S/C17H20/c1-3-9-17(15-11-5-4-6-12-15)16-13-8-7-10-14(16)2/h4-8,10-13,17H,3,9H2,1-2H3. The summed E-state index contributed by atoms with van der Waals surface area (Å²) in [4.78, 5) is 0. The molecule has 0 aliphatic rings. The SMILES string of the molecule is CCCC(c1ccccc1)c1ccccc1C. The second-order valence-electron chi connectivity index (χ2n) is 4.61. The van der Waals surface area contributed by atoms with E-state index in [4.69, 9.17) is 0 Å². The molecule has 2 aromatic rings. The molecule has 0 nitrogen and oxygen atoms in total. The predicted octanol–water partition coefficient (Wildman–Crippen LogP) is 4.93. The van der Waals surface area contributed by atoms with Crippen molar-refractivity contribution in [2.24, 2.45) is 0 Å². The minimum Gasteiger partial charge on any atom is -0.0653 e. The number of benzene rings is 2. The summed E-state index contributed by atoms with van der Waals surface area (Å²) in [6.45, 7) is 4.47. The van der Waals surface area contributed by atoms with Crippen LogP contribution in [0.1, 0.15) is 42.4 Å². The molecule has 0 radical (unpaired) electrons. The maximum Gasteiger partial charge on any atom is 0.00918 e. The monoisotopic (exact) mass is 224 g/mol. The maximum atomic E-state index is 2.27. The van der Waals surface area contributed by atoms with Crippen LogP contribution in [-0.2, 0) is 0 Å². The molecular weight excluding hydrogens is 204 g/mol. The average Bonchev–Trinajstić information content (AvgIpc) is 2.38. The third-order valence-corrected chi connectivity index (χ3v) is 3.34. The van der Waals surface area contributed by atoms with Gasteiger partial charge in [-0.25, -0.2) is 0 Å². The van der Waals surface area contributed by atoms with Crippen molar-refractivity contribution < 1.29 is 0 Å². The molecule has 2 aromatic carbocycles. The maximum absolute atomic E-state index is 2.27. The summed E-state index contributed by atoms with van der Waals surface area (Å²) in [5.74, 6) is 0.544. The lowest BCUT2D eigenvalue weighted by Gasteiger charge is -2.19. The van der Waals surface area contributed by atoms with E-state index in [2.05, 4.69) is 68.4 Å². The Kier molecular flexibility index (Phi) is 3.98. The van der Waals surface area contributed by atoms with Crippen LogP contribution in [0, 0.1) is 6.92 Å². The molecule has 0 heterocycles. The third kappa shape index (κ3) is 2.76. The van der Waals surface area contributed by atoms with Gasteiger partial charge in [0.1, 0.15) is 0 Å².